The second-order valence-corrected chi connectivity index (χ2v) is 9.73. The predicted molar refractivity (Wildman–Crippen MR) is 112 cm³/mol. The third-order valence-electron chi connectivity index (χ3n) is 5.28. The van der Waals surface area contributed by atoms with Crippen LogP contribution in [0.15, 0.2) is 29.6 Å². The second kappa shape index (κ2) is 8.09. The number of halogens is 1. The van der Waals surface area contributed by atoms with Crippen molar-refractivity contribution in [2.75, 3.05) is 26.2 Å². The Morgan fingerprint density at radius 2 is 1.87 bits per heavy atom. The van der Waals surface area contributed by atoms with Gasteiger partial charge in [-0.3, -0.25) is 14.2 Å². The molecule has 1 amide bonds. The molecule has 1 fully saturated rings. The lowest BCUT2D eigenvalue weighted by Crippen LogP contribution is -2.50. The summed E-state index contributed by atoms with van der Waals surface area (Å²) in [5.41, 5.74) is 1.87. The Bertz CT molecular complexity index is 1220. The molecule has 0 N–H and O–H groups in total. The molecule has 13 heteroatoms. The van der Waals surface area contributed by atoms with Crippen LogP contribution in [0, 0.1) is 13.8 Å². The smallest absolute Gasteiger partial charge is 0.274 e. The molecule has 31 heavy (non-hydrogen) atoms. The molecule has 11 nitrogen and oxygen atoms in total. The van der Waals surface area contributed by atoms with Gasteiger partial charge in [0.1, 0.15) is 17.3 Å². The topological polar surface area (TPSA) is 111 Å². The molecule has 0 saturated carbocycles. The summed E-state index contributed by atoms with van der Waals surface area (Å²) in [4.78, 5) is 14.6. The number of aryl methyl sites for hydroxylation is 2. The number of rotatable bonds is 5. The Labute approximate surface area is 184 Å². The minimum Gasteiger partial charge on any atom is -0.335 e. The van der Waals surface area contributed by atoms with Crippen LogP contribution in [0.3, 0.4) is 0 Å². The molecule has 1 aliphatic rings. The standard InChI is InChI=1S/C18H23ClN8O3S/c1-13-17(19)14(2)27(21-13)12-25-5-4-16(22-25)18(28)24-6-8-26(9-7-24)31(29,30)15-10-20-23(3)11-15/h4-5,10-11H,6-9,12H2,1-3H3. The van der Waals surface area contributed by atoms with Gasteiger partial charge in [0.05, 0.1) is 22.6 Å². The summed E-state index contributed by atoms with van der Waals surface area (Å²) in [6.07, 6.45) is 4.51. The normalized spacial score (nSPS) is 15.5. The van der Waals surface area contributed by atoms with Crippen molar-refractivity contribution in [2.24, 2.45) is 7.05 Å². The van der Waals surface area contributed by atoms with Gasteiger partial charge in [-0.05, 0) is 19.9 Å². The maximum Gasteiger partial charge on any atom is 0.274 e. The van der Waals surface area contributed by atoms with Gasteiger partial charge >= 0.3 is 0 Å². The summed E-state index contributed by atoms with van der Waals surface area (Å²) in [5, 5.41) is 13.3. The summed E-state index contributed by atoms with van der Waals surface area (Å²) >= 11 is 6.18. The molecule has 0 bridgehead atoms. The maximum atomic E-state index is 12.8. The first-order chi connectivity index (χ1) is 14.7. The van der Waals surface area contributed by atoms with Crippen molar-refractivity contribution in [3.63, 3.8) is 0 Å². The number of amides is 1. The summed E-state index contributed by atoms with van der Waals surface area (Å²) in [5.74, 6) is -0.233. The van der Waals surface area contributed by atoms with Crippen molar-refractivity contribution in [1.29, 1.82) is 0 Å². The van der Waals surface area contributed by atoms with Crippen LogP contribution < -0.4 is 0 Å². The van der Waals surface area contributed by atoms with E-state index in [-0.39, 0.29) is 37.0 Å². The highest BCUT2D eigenvalue weighted by molar-refractivity contribution is 7.89. The molecule has 4 heterocycles. The van der Waals surface area contributed by atoms with Crippen LogP contribution in [0.1, 0.15) is 21.9 Å². The van der Waals surface area contributed by atoms with Crippen molar-refractivity contribution in [2.45, 2.75) is 25.4 Å². The average molecular weight is 467 g/mol. The molecule has 0 spiro atoms. The second-order valence-electron chi connectivity index (χ2n) is 7.41. The van der Waals surface area contributed by atoms with Gasteiger partial charge in [0.2, 0.25) is 10.0 Å². The Balaban J connectivity index is 1.39. The van der Waals surface area contributed by atoms with Crippen LogP contribution in [0.5, 0.6) is 0 Å². The maximum absolute atomic E-state index is 12.8. The van der Waals surface area contributed by atoms with Crippen LogP contribution >= 0.6 is 11.6 Å². The highest BCUT2D eigenvalue weighted by atomic mass is 35.5. The van der Waals surface area contributed by atoms with Gasteiger partial charge < -0.3 is 4.90 Å². The minimum absolute atomic E-state index is 0.151. The van der Waals surface area contributed by atoms with E-state index in [1.165, 1.54) is 21.4 Å². The zero-order valence-electron chi connectivity index (χ0n) is 17.4. The van der Waals surface area contributed by atoms with E-state index < -0.39 is 10.0 Å². The molecule has 0 unspecified atom stereocenters. The van der Waals surface area contributed by atoms with Gasteiger partial charge in [-0.2, -0.15) is 19.6 Å². The SMILES string of the molecule is Cc1nn(Cn2ccc(C(=O)N3CCN(S(=O)(=O)c4cnn(C)c4)CC3)n2)c(C)c1Cl. The average Bonchev–Trinajstić information content (AvgIpc) is 3.45. The van der Waals surface area contributed by atoms with E-state index >= 15 is 0 Å². The van der Waals surface area contributed by atoms with Gasteiger partial charge in [-0.1, -0.05) is 11.6 Å². The highest BCUT2D eigenvalue weighted by Gasteiger charge is 2.31. The van der Waals surface area contributed by atoms with E-state index in [2.05, 4.69) is 15.3 Å². The molecule has 0 aromatic carbocycles. The minimum atomic E-state index is -3.62. The van der Waals surface area contributed by atoms with Crippen molar-refractivity contribution in [3.05, 3.63) is 46.8 Å². The summed E-state index contributed by atoms with van der Waals surface area (Å²) in [6, 6.07) is 1.65. The molecule has 0 aliphatic carbocycles. The largest absolute Gasteiger partial charge is 0.335 e. The lowest BCUT2D eigenvalue weighted by molar-refractivity contribution is 0.0691. The molecular formula is C18H23ClN8O3S. The fraction of sp³-hybridized carbons (Fsp3) is 0.444. The summed E-state index contributed by atoms with van der Waals surface area (Å²) in [7, 11) is -1.95. The van der Waals surface area contributed by atoms with E-state index in [9.17, 15) is 13.2 Å². The first-order valence-corrected chi connectivity index (χ1v) is 11.5. The van der Waals surface area contributed by atoms with E-state index in [0.717, 1.165) is 11.4 Å². The number of sulfonamides is 1. The number of aromatic nitrogens is 6. The summed E-state index contributed by atoms with van der Waals surface area (Å²) in [6.45, 7) is 5.05. The molecule has 3 aromatic heterocycles. The third kappa shape index (κ3) is 4.10. The van der Waals surface area contributed by atoms with Crippen molar-refractivity contribution < 1.29 is 13.2 Å². The van der Waals surface area contributed by atoms with E-state index in [1.54, 1.807) is 33.6 Å². The monoisotopic (exact) mass is 466 g/mol. The number of hydrogen-bond acceptors (Lipinski definition) is 6. The molecule has 4 rings (SSSR count). The van der Waals surface area contributed by atoms with Gasteiger partial charge in [-0.25, -0.2) is 13.1 Å². The molecule has 0 atom stereocenters. The lowest BCUT2D eigenvalue weighted by atomic mass is 10.3. The number of piperazine rings is 1. The Morgan fingerprint density at radius 1 is 1.16 bits per heavy atom. The third-order valence-corrected chi connectivity index (χ3v) is 7.68. The molecule has 1 aliphatic heterocycles. The molecule has 166 valence electrons. The molecule has 1 saturated heterocycles. The van der Waals surface area contributed by atoms with E-state index in [0.29, 0.717) is 17.4 Å². The zero-order chi connectivity index (χ0) is 22.3. The van der Waals surface area contributed by atoms with Crippen LogP contribution in [0.2, 0.25) is 5.02 Å². The fourth-order valence-corrected chi connectivity index (χ4v) is 5.02. The molecule has 0 radical (unpaired) electrons. The van der Waals surface area contributed by atoms with E-state index in [1.807, 2.05) is 13.8 Å². The number of carbonyl (C=O) groups excluding carboxylic acids is 1. The zero-order valence-corrected chi connectivity index (χ0v) is 19.0. The molecule has 3 aromatic rings. The van der Waals surface area contributed by atoms with Crippen LogP contribution in [0.4, 0.5) is 0 Å². The Hall–Kier alpha value is -2.70. The highest BCUT2D eigenvalue weighted by Crippen LogP contribution is 2.19. The van der Waals surface area contributed by atoms with Crippen LogP contribution in [0.25, 0.3) is 0 Å². The number of carbonyl (C=O) groups is 1. The quantitative estimate of drug-likeness (QED) is 0.548. The van der Waals surface area contributed by atoms with Gasteiger partial charge in [-0.15, -0.1) is 0 Å². The van der Waals surface area contributed by atoms with Gasteiger partial charge in [0, 0.05) is 45.6 Å². The number of hydrogen-bond donors (Lipinski definition) is 0. The summed E-state index contributed by atoms with van der Waals surface area (Å²) < 4.78 is 31.6. The van der Waals surface area contributed by atoms with Gasteiger partial charge in [0.15, 0.2) is 0 Å². The van der Waals surface area contributed by atoms with Crippen LogP contribution in [-0.2, 0) is 23.7 Å². The Morgan fingerprint density at radius 3 is 2.45 bits per heavy atom. The lowest BCUT2D eigenvalue weighted by Gasteiger charge is -2.33. The predicted octanol–water partition coefficient (Wildman–Crippen LogP) is 0.736. The number of nitrogens with zero attached hydrogens (tertiary/aromatic N) is 8. The van der Waals surface area contributed by atoms with E-state index in [4.69, 9.17) is 11.6 Å². The first-order valence-electron chi connectivity index (χ1n) is 9.68. The van der Waals surface area contributed by atoms with Gasteiger partial charge in [0.25, 0.3) is 5.91 Å². The first kappa shape index (κ1) is 21.5. The fourth-order valence-electron chi connectivity index (χ4n) is 3.48. The molecular weight excluding hydrogens is 444 g/mol. The van der Waals surface area contributed by atoms with Crippen molar-refractivity contribution in [3.8, 4) is 0 Å². The van der Waals surface area contributed by atoms with Crippen molar-refractivity contribution in [1.82, 2.24) is 38.5 Å². The van der Waals surface area contributed by atoms with Crippen LogP contribution in [-0.4, -0.2) is 79.1 Å². The Kier molecular flexibility index (Phi) is 5.62. The van der Waals surface area contributed by atoms with Crippen molar-refractivity contribution >= 4 is 27.5 Å².